The van der Waals surface area contributed by atoms with E-state index in [1.165, 1.54) is 12.0 Å². The van der Waals surface area contributed by atoms with Crippen LogP contribution in [-0.4, -0.2) is 29.1 Å². The second-order valence-corrected chi connectivity index (χ2v) is 4.40. The number of methoxy groups -OCH3 is 1. The number of fused-ring (bicyclic) bond motifs is 1. The fourth-order valence-corrected chi connectivity index (χ4v) is 2.10. The maximum atomic E-state index is 12.1. The minimum atomic E-state index is -0.587. The molecule has 2 aromatic rings. The third-order valence-corrected chi connectivity index (χ3v) is 3.23. The summed E-state index contributed by atoms with van der Waals surface area (Å²) in [4.78, 5) is 25.3. The van der Waals surface area contributed by atoms with Crippen molar-refractivity contribution >= 4 is 17.4 Å². The van der Waals surface area contributed by atoms with Crippen LogP contribution in [0.1, 0.15) is 21.7 Å². The van der Waals surface area contributed by atoms with Crippen LogP contribution in [0.25, 0.3) is 0 Å². The number of hydrogen-bond donors (Lipinski definition) is 0. The Kier molecular flexibility index (Phi) is 2.74. The number of Topliss-reactive ketones (excluding diaryl/α,β-unsaturated/α-hetero) is 1. The van der Waals surface area contributed by atoms with Crippen LogP contribution in [0, 0.1) is 6.92 Å². The Morgan fingerprint density at radius 1 is 1.30 bits per heavy atom. The van der Waals surface area contributed by atoms with Gasteiger partial charge in [-0.2, -0.15) is 0 Å². The molecular formula is C13H11N3O4. The summed E-state index contributed by atoms with van der Waals surface area (Å²) in [6.45, 7) is 1.86. The van der Waals surface area contributed by atoms with Crippen molar-refractivity contribution < 1.29 is 19.0 Å². The summed E-state index contributed by atoms with van der Waals surface area (Å²) >= 11 is 0. The van der Waals surface area contributed by atoms with Crippen molar-refractivity contribution in [3.8, 4) is 5.75 Å². The van der Waals surface area contributed by atoms with E-state index in [4.69, 9.17) is 4.74 Å². The molecule has 0 radical (unpaired) electrons. The molecule has 1 aromatic heterocycles. The van der Waals surface area contributed by atoms with Crippen LogP contribution in [0.15, 0.2) is 22.8 Å². The van der Waals surface area contributed by atoms with Crippen molar-refractivity contribution in [2.24, 2.45) is 0 Å². The van der Waals surface area contributed by atoms with Gasteiger partial charge in [-0.05, 0) is 19.1 Å². The first-order valence-corrected chi connectivity index (χ1v) is 5.94. The molecule has 102 valence electrons. The first-order chi connectivity index (χ1) is 9.61. The lowest BCUT2D eigenvalue weighted by molar-refractivity contribution is -0.114. The number of hydrogen-bond acceptors (Lipinski definition) is 6. The Bertz CT molecular complexity index is 707. The maximum absolute atomic E-state index is 12.1. The van der Waals surface area contributed by atoms with Crippen molar-refractivity contribution in [3.05, 3.63) is 35.2 Å². The molecule has 20 heavy (non-hydrogen) atoms. The monoisotopic (exact) mass is 273 g/mol. The number of carbonyl (C=O) groups is 2. The summed E-state index contributed by atoms with van der Waals surface area (Å²) in [6.07, 6.45) is 0. The van der Waals surface area contributed by atoms with Crippen LogP contribution < -0.4 is 9.64 Å². The van der Waals surface area contributed by atoms with Crippen molar-refractivity contribution in [2.45, 2.75) is 13.5 Å². The smallest absolute Gasteiger partial charge is 0.299 e. The highest BCUT2D eigenvalue weighted by Crippen LogP contribution is 2.33. The molecular weight excluding hydrogens is 262 g/mol. The molecule has 0 saturated heterocycles. The van der Waals surface area contributed by atoms with Crippen molar-refractivity contribution in [1.82, 2.24) is 10.3 Å². The Balaban J connectivity index is 2.03. The molecule has 1 aliphatic rings. The third-order valence-electron chi connectivity index (χ3n) is 3.23. The number of nitrogens with zero attached hydrogens (tertiary/aromatic N) is 3. The number of aryl methyl sites for hydroxylation is 1. The first kappa shape index (κ1) is 12.3. The number of carbonyl (C=O) groups excluding carboxylic acids is 2. The largest absolute Gasteiger partial charge is 0.497 e. The van der Waals surface area contributed by atoms with Gasteiger partial charge in [0.15, 0.2) is 0 Å². The number of ether oxygens (including phenoxy) is 1. The van der Waals surface area contributed by atoms with Gasteiger partial charge in [0.2, 0.25) is 0 Å². The van der Waals surface area contributed by atoms with Gasteiger partial charge in [-0.25, -0.2) is 4.63 Å². The lowest BCUT2D eigenvalue weighted by Crippen LogP contribution is -2.29. The zero-order valence-electron chi connectivity index (χ0n) is 10.9. The van der Waals surface area contributed by atoms with E-state index in [-0.39, 0.29) is 6.54 Å². The number of aromatic nitrogens is 2. The van der Waals surface area contributed by atoms with Crippen LogP contribution in [0.2, 0.25) is 0 Å². The molecule has 0 aliphatic carbocycles. The molecule has 0 atom stereocenters. The summed E-state index contributed by atoms with van der Waals surface area (Å²) in [5.41, 5.74) is 1.98. The van der Waals surface area contributed by atoms with Gasteiger partial charge >= 0.3 is 0 Å². The molecule has 0 unspecified atom stereocenters. The molecule has 0 N–H and O–H groups in total. The van der Waals surface area contributed by atoms with Crippen molar-refractivity contribution in [3.63, 3.8) is 0 Å². The van der Waals surface area contributed by atoms with E-state index in [0.717, 1.165) is 0 Å². The van der Waals surface area contributed by atoms with Crippen molar-refractivity contribution in [2.75, 3.05) is 12.0 Å². The standard InChI is InChI=1S/C13H11N3O4/c1-7-10(15-20-14-7)6-16-11-5-8(19-2)3-4-9(11)12(17)13(16)18/h3-5H,6H2,1-2H3. The molecule has 1 aromatic carbocycles. The van der Waals surface area contributed by atoms with Crippen LogP contribution in [0.5, 0.6) is 5.75 Å². The van der Waals surface area contributed by atoms with E-state index in [2.05, 4.69) is 14.9 Å². The number of ketones is 1. The Morgan fingerprint density at radius 2 is 2.10 bits per heavy atom. The topological polar surface area (TPSA) is 85.5 Å². The van der Waals surface area contributed by atoms with E-state index in [1.807, 2.05) is 0 Å². The SMILES string of the molecule is COc1ccc2c(c1)N(Cc1nonc1C)C(=O)C2=O. The Hall–Kier alpha value is -2.70. The summed E-state index contributed by atoms with van der Waals surface area (Å²) in [6, 6.07) is 4.89. The minimum Gasteiger partial charge on any atom is -0.497 e. The lowest BCUT2D eigenvalue weighted by Gasteiger charge is -2.15. The van der Waals surface area contributed by atoms with Gasteiger partial charge in [-0.1, -0.05) is 10.3 Å². The first-order valence-electron chi connectivity index (χ1n) is 5.94. The van der Waals surface area contributed by atoms with Gasteiger partial charge in [0.05, 0.1) is 24.9 Å². The van der Waals surface area contributed by atoms with Crippen LogP contribution in [0.3, 0.4) is 0 Å². The van der Waals surface area contributed by atoms with Crippen molar-refractivity contribution in [1.29, 1.82) is 0 Å². The fourth-order valence-electron chi connectivity index (χ4n) is 2.10. The predicted octanol–water partition coefficient (Wildman–Crippen LogP) is 1.12. The van der Waals surface area contributed by atoms with Gasteiger partial charge < -0.3 is 4.74 Å². The predicted molar refractivity (Wildman–Crippen MR) is 67.5 cm³/mol. The average molecular weight is 273 g/mol. The highest BCUT2D eigenvalue weighted by Gasteiger charge is 2.36. The molecule has 7 nitrogen and oxygen atoms in total. The number of amides is 1. The molecule has 7 heteroatoms. The van der Waals surface area contributed by atoms with Gasteiger partial charge in [-0.15, -0.1) is 0 Å². The average Bonchev–Trinajstić information content (AvgIpc) is 2.96. The molecule has 0 bridgehead atoms. The summed E-state index contributed by atoms with van der Waals surface area (Å²) in [5.74, 6) is -0.543. The quantitative estimate of drug-likeness (QED) is 0.779. The molecule has 0 saturated carbocycles. The molecule has 1 amide bonds. The summed E-state index contributed by atoms with van der Waals surface area (Å²) in [7, 11) is 1.52. The number of benzene rings is 1. The summed E-state index contributed by atoms with van der Waals surface area (Å²) in [5, 5.41) is 7.39. The molecule has 2 heterocycles. The Labute approximate surface area is 114 Å². The molecule has 3 rings (SSSR count). The zero-order valence-corrected chi connectivity index (χ0v) is 10.9. The van der Waals surface area contributed by atoms with E-state index in [1.54, 1.807) is 25.1 Å². The second-order valence-electron chi connectivity index (χ2n) is 4.40. The van der Waals surface area contributed by atoms with E-state index in [9.17, 15) is 9.59 Å². The normalized spacial score (nSPS) is 13.8. The summed E-state index contributed by atoms with van der Waals surface area (Å²) < 4.78 is 9.72. The lowest BCUT2D eigenvalue weighted by atomic mass is 10.1. The van der Waals surface area contributed by atoms with E-state index < -0.39 is 11.7 Å². The van der Waals surface area contributed by atoms with Gasteiger partial charge in [-0.3, -0.25) is 14.5 Å². The number of anilines is 1. The minimum absolute atomic E-state index is 0.139. The van der Waals surface area contributed by atoms with Gasteiger partial charge in [0.1, 0.15) is 17.1 Å². The van der Waals surface area contributed by atoms with Crippen LogP contribution >= 0.6 is 0 Å². The number of rotatable bonds is 3. The van der Waals surface area contributed by atoms with E-state index >= 15 is 0 Å². The Morgan fingerprint density at radius 3 is 2.75 bits per heavy atom. The van der Waals surface area contributed by atoms with Crippen LogP contribution in [0.4, 0.5) is 5.69 Å². The second kappa shape index (κ2) is 4.44. The van der Waals surface area contributed by atoms with Gasteiger partial charge in [0.25, 0.3) is 11.7 Å². The highest BCUT2D eigenvalue weighted by molar-refractivity contribution is 6.52. The molecule has 0 fully saturated rings. The van der Waals surface area contributed by atoms with Gasteiger partial charge in [0, 0.05) is 6.07 Å². The highest BCUT2D eigenvalue weighted by atomic mass is 16.6. The molecule has 1 aliphatic heterocycles. The molecule has 0 spiro atoms. The fraction of sp³-hybridized carbons (Fsp3) is 0.231. The van der Waals surface area contributed by atoms with Crippen LogP contribution in [-0.2, 0) is 11.3 Å². The maximum Gasteiger partial charge on any atom is 0.299 e. The zero-order chi connectivity index (χ0) is 14.3. The third kappa shape index (κ3) is 1.75. The van der Waals surface area contributed by atoms with E-state index in [0.29, 0.717) is 28.4 Å².